The van der Waals surface area contributed by atoms with Gasteiger partial charge in [-0.15, -0.1) is 0 Å². The van der Waals surface area contributed by atoms with Crippen molar-refractivity contribution in [3.8, 4) is 0 Å². The number of aryl methyl sites for hydroxylation is 2. The molecule has 0 aliphatic heterocycles. The van der Waals surface area contributed by atoms with Crippen molar-refractivity contribution in [1.29, 1.82) is 0 Å². The maximum atomic E-state index is 2.61. The van der Waals surface area contributed by atoms with Crippen LogP contribution in [0.15, 0.2) is 18.2 Å². The summed E-state index contributed by atoms with van der Waals surface area (Å²) in [6.45, 7) is 3.53. The molecule has 2 aliphatic carbocycles. The molecule has 92 valence electrons. The van der Waals surface area contributed by atoms with Crippen LogP contribution in [0.1, 0.15) is 36.0 Å². The van der Waals surface area contributed by atoms with Gasteiger partial charge in [0.05, 0.1) is 0 Å². The van der Waals surface area contributed by atoms with Crippen LogP contribution in [0.5, 0.6) is 0 Å². The van der Waals surface area contributed by atoms with Crippen molar-refractivity contribution >= 4 is 0 Å². The van der Waals surface area contributed by atoms with Crippen LogP contribution in [0.4, 0.5) is 0 Å². The van der Waals surface area contributed by atoms with Crippen LogP contribution in [0.2, 0.25) is 0 Å². The summed E-state index contributed by atoms with van der Waals surface area (Å²) >= 11 is 0. The predicted octanol–water partition coefficient (Wildman–Crippen LogP) is 3.19. The Labute approximate surface area is 105 Å². The average molecular weight is 229 g/mol. The lowest BCUT2D eigenvalue weighted by Gasteiger charge is -2.32. The van der Waals surface area contributed by atoms with Gasteiger partial charge in [-0.25, -0.2) is 0 Å². The fraction of sp³-hybridized carbons (Fsp3) is 0.625. The molecular weight excluding hydrogens is 206 g/mol. The molecule has 0 bridgehead atoms. The van der Waals surface area contributed by atoms with E-state index < -0.39 is 0 Å². The summed E-state index contributed by atoms with van der Waals surface area (Å²) in [7, 11) is 2.32. The number of fused-ring (bicyclic) bond motifs is 1. The number of benzene rings is 1. The maximum absolute atomic E-state index is 2.61. The highest BCUT2D eigenvalue weighted by atomic mass is 15.1. The monoisotopic (exact) mass is 229 g/mol. The lowest BCUT2D eigenvalue weighted by molar-refractivity contribution is 0.213. The van der Waals surface area contributed by atoms with Crippen LogP contribution in [0.3, 0.4) is 0 Å². The van der Waals surface area contributed by atoms with Crippen LogP contribution < -0.4 is 0 Å². The van der Waals surface area contributed by atoms with Gasteiger partial charge in [-0.1, -0.05) is 23.8 Å². The third-order valence-corrected chi connectivity index (χ3v) is 4.43. The van der Waals surface area contributed by atoms with Crippen LogP contribution in [-0.2, 0) is 12.8 Å². The number of rotatable bonds is 3. The fourth-order valence-corrected chi connectivity index (χ4v) is 3.10. The summed E-state index contributed by atoms with van der Waals surface area (Å²) in [4.78, 5) is 2.61. The van der Waals surface area contributed by atoms with Gasteiger partial charge in [0.1, 0.15) is 0 Å². The maximum Gasteiger partial charge on any atom is 0.0136 e. The van der Waals surface area contributed by atoms with Crippen LogP contribution in [0.25, 0.3) is 0 Å². The lowest BCUT2D eigenvalue weighted by Crippen LogP contribution is -2.37. The standard InChI is InChI=1S/C16H23N/c1-12-3-6-15-10-16(8-7-14(15)9-12)17(2)11-13-4-5-13/h3,6,9,13,16H,4-5,7-8,10-11H2,1-2H3. The zero-order valence-electron chi connectivity index (χ0n) is 11.1. The van der Waals surface area contributed by atoms with E-state index in [1.54, 1.807) is 11.1 Å². The van der Waals surface area contributed by atoms with Gasteiger partial charge < -0.3 is 4.90 Å². The van der Waals surface area contributed by atoms with Crippen molar-refractivity contribution in [3.63, 3.8) is 0 Å². The van der Waals surface area contributed by atoms with E-state index in [9.17, 15) is 0 Å². The Bertz CT molecular complexity index is 406. The van der Waals surface area contributed by atoms with Crippen molar-refractivity contribution in [1.82, 2.24) is 4.90 Å². The second-order valence-corrected chi connectivity index (χ2v) is 6.05. The summed E-state index contributed by atoms with van der Waals surface area (Å²) in [6.07, 6.45) is 6.81. The summed E-state index contributed by atoms with van der Waals surface area (Å²) < 4.78 is 0. The summed E-state index contributed by atoms with van der Waals surface area (Å²) in [5.74, 6) is 1.01. The number of nitrogens with zero attached hydrogens (tertiary/aromatic N) is 1. The molecule has 3 rings (SSSR count). The Morgan fingerprint density at radius 2 is 2.00 bits per heavy atom. The van der Waals surface area contributed by atoms with E-state index in [1.165, 1.54) is 44.2 Å². The van der Waals surface area contributed by atoms with Gasteiger partial charge in [0, 0.05) is 12.6 Å². The molecule has 0 saturated heterocycles. The molecule has 1 nitrogen and oxygen atoms in total. The molecule has 1 atom stereocenters. The molecule has 1 aromatic rings. The Morgan fingerprint density at radius 3 is 2.76 bits per heavy atom. The van der Waals surface area contributed by atoms with Crippen LogP contribution in [-0.4, -0.2) is 24.5 Å². The predicted molar refractivity (Wildman–Crippen MR) is 72.3 cm³/mol. The van der Waals surface area contributed by atoms with Gasteiger partial charge in [-0.3, -0.25) is 0 Å². The van der Waals surface area contributed by atoms with E-state index in [1.807, 2.05) is 0 Å². The molecule has 0 radical (unpaired) electrons. The summed E-state index contributed by atoms with van der Waals surface area (Å²) in [5, 5.41) is 0. The number of likely N-dealkylation sites (N-methyl/N-ethyl adjacent to an activating group) is 1. The fourth-order valence-electron chi connectivity index (χ4n) is 3.10. The molecule has 2 aliphatic rings. The third kappa shape index (κ3) is 2.55. The molecule has 17 heavy (non-hydrogen) atoms. The summed E-state index contributed by atoms with van der Waals surface area (Å²) in [5.41, 5.74) is 4.60. The van der Waals surface area contributed by atoms with E-state index in [4.69, 9.17) is 0 Å². The molecule has 1 fully saturated rings. The highest BCUT2D eigenvalue weighted by Gasteiger charge is 2.27. The van der Waals surface area contributed by atoms with Crippen molar-refractivity contribution in [2.24, 2.45) is 5.92 Å². The molecule has 1 aromatic carbocycles. The van der Waals surface area contributed by atoms with Crippen molar-refractivity contribution in [2.75, 3.05) is 13.6 Å². The van der Waals surface area contributed by atoms with Gasteiger partial charge in [0.2, 0.25) is 0 Å². The van der Waals surface area contributed by atoms with Gasteiger partial charge >= 0.3 is 0 Å². The largest absolute Gasteiger partial charge is 0.303 e. The topological polar surface area (TPSA) is 3.24 Å². The van der Waals surface area contributed by atoms with E-state index >= 15 is 0 Å². The van der Waals surface area contributed by atoms with E-state index in [0.717, 1.165) is 12.0 Å². The first-order valence-electron chi connectivity index (χ1n) is 7.01. The first-order valence-corrected chi connectivity index (χ1v) is 7.01. The molecule has 0 amide bonds. The minimum absolute atomic E-state index is 0.783. The van der Waals surface area contributed by atoms with Crippen molar-refractivity contribution in [2.45, 2.75) is 45.1 Å². The average Bonchev–Trinajstić information content (AvgIpc) is 3.12. The molecule has 0 aromatic heterocycles. The SMILES string of the molecule is Cc1ccc2c(c1)CCC(N(C)CC1CC1)C2. The van der Waals surface area contributed by atoms with Crippen LogP contribution in [0, 0.1) is 12.8 Å². The van der Waals surface area contributed by atoms with E-state index in [-0.39, 0.29) is 0 Å². The molecular formula is C16H23N. The van der Waals surface area contributed by atoms with Gasteiger partial charge in [0.25, 0.3) is 0 Å². The smallest absolute Gasteiger partial charge is 0.0136 e. The van der Waals surface area contributed by atoms with Gasteiger partial charge in [-0.2, -0.15) is 0 Å². The molecule has 1 heteroatoms. The van der Waals surface area contributed by atoms with E-state index in [2.05, 4.69) is 37.1 Å². The van der Waals surface area contributed by atoms with Crippen LogP contribution >= 0.6 is 0 Å². The normalized spacial score (nSPS) is 23.8. The van der Waals surface area contributed by atoms with Gasteiger partial charge in [0.15, 0.2) is 0 Å². The van der Waals surface area contributed by atoms with Crippen molar-refractivity contribution in [3.05, 3.63) is 34.9 Å². The minimum Gasteiger partial charge on any atom is -0.303 e. The highest BCUT2D eigenvalue weighted by Crippen LogP contribution is 2.32. The second-order valence-electron chi connectivity index (χ2n) is 6.05. The molecule has 1 saturated carbocycles. The highest BCUT2D eigenvalue weighted by molar-refractivity contribution is 5.34. The van der Waals surface area contributed by atoms with E-state index in [0.29, 0.717) is 0 Å². The Balaban J connectivity index is 1.68. The lowest BCUT2D eigenvalue weighted by atomic mass is 9.86. The first-order chi connectivity index (χ1) is 8.22. The minimum atomic E-state index is 0.783. The number of hydrogen-bond donors (Lipinski definition) is 0. The molecule has 0 heterocycles. The Kier molecular flexibility index (Phi) is 2.96. The molecule has 0 N–H and O–H groups in total. The summed E-state index contributed by atoms with van der Waals surface area (Å²) in [6, 6.07) is 7.78. The number of hydrogen-bond acceptors (Lipinski definition) is 1. The Hall–Kier alpha value is -0.820. The zero-order chi connectivity index (χ0) is 11.8. The Morgan fingerprint density at radius 1 is 1.18 bits per heavy atom. The first kappa shape index (κ1) is 11.3. The van der Waals surface area contributed by atoms with Gasteiger partial charge in [-0.05, 0) is 63.1 Å². The molecule has 1 unspecified atom stereocenters. The van der Waals surface area contributed by atoms with Crippen molar-refractivity contribution < 1.29 is 0 Å². The zero-order valence-corrected chi connectivity index (χ0v) is 11.1. The third-order valence-electron chi connectivity index (χ3n) is 4.43. The molecule has 0 spiro atoms. The quantitative estimate of drug-likeness (QED) is 0.769. The second kappa shape index (κ2) is 4.45.